The highest BCUT2D eigenvalue weighted by Crippen LogP contribution is 2.48. The molecule has 22 heavy (non-hydrogen) atoms. The molecule has 2 fully saturated rings. The lowest BCUT2D eigenvalue weighted by Crippen LogP contribution is -2.38. The number of hydrogen-bond donors (Lipinski definition) is 3. The number of anilines is 1. The van der Waals surface area contributed by atoms with E-state index in [9.17, 15) is 10.2 Å². The zero-order valence-corrected chi connectivity index (χ0v) is 12.1. The van der Waals surface area contributed by atoms with Gasteiger partial charge in [-0.3, -0.25) is 4.57 Å². The Morgan fingerprint density at radius 2 is 2.14 bits per heavy atom. The Hall–Kier alpha value is -1.99. The van der Waals surface area contributed by atoms with Crippen LogP contribution < -0.4 is 5.32 Å². The van der Waals surface area contributed by atoms with Crippen LogP contribution in [0.4, 0.5) is 5.95 Å². The van der Waals surface area contributed by atoms with E-state index in [4.69, 9.17) is 0 Å². The highest BCUT2D eigenvalue weighted by molar-refractivity contribution is 5.32. The molecule has 7 heteroatoms. The lowest BCUT2D eigenvalue weighted by atomic mass is 9.85. The molecule has 7 nitrogen and oxygen atoms in total. The molecule has 0 spiro atoms. The summed E-state index contributed by atoms with van der Waals surface area (Å²) in [6.07, 6.45) is 7.70. The number of hydrogen-bond acceptors (Lipinski definition) is 6. The minimum Gasteiger partial charge on any atom is -0.390 e. The van der Waals surface area contributed by atoms with E-state index in [1.54, 1.807) is 18.7 Å². The molecule has 0 amide bonds. The fraction of sp³-hybridized carbons (Fsp3) is 0.533. The minimum absolute atomic E-state index is 0.185. The Morgan fingerprint density at radius 3 is 2.86 bits per heavy atom. The molecule has 3 N–H and O–H groups in total. The molecule has 116 valence electrons. The van der Waals surface area contributed by atoms with Gasteiger partial charge in [-0.25, -0.2) is 9.97 Å². The van der Waals surface area contributed by atoms with Crippen LogP contribution >= 0.6 is 0 Å². The normalized spacial score (nSPS) is 33.3. The number of fused-ring (bicyclic) bond motifs is 2. The Bertz CT molecular complexity index is 645. The van der Waals surface area contributed by atoms with Crippen molar-refractivity contribution in [1.29, 1.82) is 0 Å². The van der Waals surface area contributed by atoms with Gasteiger partial charge in [0.25, 0.3) is 0 Å². The van der Waals surface area contributed by atoms with Gasteiger partial charge in [-0.2, -0.15) is 4.98 Å². The van der Waals surface area contributed by atoms with E-state index in [2.05, 4.69) is 20.3 Å². The number of nitrogens with zero attached hydrogens (tertiary/aromatic N) is 4. The van der Waals surface area contributed by atoms with Gasteiger partial charge in [0, 0.05) is 25.1 Å². The average molecular weight is 301 g/mol. The van der Waals surface area contributed by atoms with E-state index in [1.807, 2.05) is 16.8 Å². The summed E-state index contributed by atoms with van der Waals surface area (Å²) in [7, 11) is 0. The van der Waals surface area contributed by atoms with Crippen molar-refractivity contribution in [3.8, 4) is 5.82 Å². The van der Waals surface area contributed by atoms with E-state index >= 15 is 0 Å². The second-order valence-corrected chi connectivity index (χ2v) is 6.23. The molecule has 2 aromatic heterocycles. The highest BCUT2D eigenvalue weighted by Gasteiger charge is 2.51. The van der Waals surface area contributed by atoms with Crippen LogP contribution in [0, 0.1) is 17.8 Å². The molecule has 2 aromatic rings. The monoisotopic (exact) mass is 301 g/mol. The third-order valence-corrected chi connectivity index (χ3v) is 4.99. The fourth-order valence-corrected chi connectivity index (χ4v) is 3.86. The Morgan fingerprint density at radius 1 is 1.23 bits per heavy atom. The van der Waals surface area contributed by atoms with Gasteiger partial charge in [-0.15, -0.1) is 0 Å². The number of aliphatic hydroxyl groups excluding tert-OH is 2. The molecule has 0 radical (unpaired) electrons. The zero-order chi connectivity index (χ0) is 15.1. The zero-order valence-electron chi connectivity index (χ0n) is 12.1. The predicted molar refractivity (Wildman–Crippen MR) is 79.4 cm³/mol. The fourth-order valence-electron chi connectivity index (χ4n) is 3.86. The molecule has 2 aliphatic rings. The summed E-state index contributed by atoms with van der Waals surface area (Å²) in [5.41, 5.74) is 0. The quantitative estimate of drug-likeness (QED) is 0.759. The first-order valence-electron chi connectivity index (χ1n) is 7.64. The van der Waals surface area contributed by atoms with E-state index in [1.165, 1.54) is 0 Å². The van der Waals surface area contributed by atoms with E-state index < -0.39 is 12.2 Å². The van der Waals surface area contributed by atoms with Gasteiger partial charge < -0.3 is 15.5 Å². The van der Waals surface area contributed by atoms with Gasteiger partial charge in [0.15, 0.2) is 0 Å². The SMILES string of the molecule is O[C@H]1[C@@H]2C[C@H](CNc3nccc(-n4ccnc4)n3)[C@@H](C2)[C@H]1O. The van der Waals surface area contributed by atoms with Crippen molar-refractivity contribution in [2.24, 2.45) is 17.8 Å². The Balaban J connectivity index is 1.42. The predicted octanol–water partition coefficient (Wildman–Crippen LogP) is 0.452. The molecule has 5 atom stereocenters. The van der Waals surface area contributed by atoms with Crippen LogP contribution in [0.3, 0.4) is 0 Å². The Labute approximate surface area is 128 Å². The average Bonchev–Trinajstić information content (AvgIpc) is 3.25. The lowest BCUT2D eigenvalue weighted by molar-refractivity contribution is -0.0317. The molecule has 2 saturated carbocycles. The summed E-state index contributed by atoms with van der Waals surface area (Å²) in [4.78, 5) is 12.7. The number of nitrogens with one attached hydrogen (secondary N) is 1. The summed E-state index contributed by atoms with van der Waals surface area (Å²) >= 11 is 0. The van der Waals surface area contributed by atoms with Crippen LogP contribution in [0.25, 0.3) is 5.82 Å². The molecule has 2 aliphatic carbocycles. The van der Waals surface area contributed by atoms with Gasteiger partial charge in [0.1, 0.15) is 12.1 Å². The number of aromatic nitrogens is 4. The second-order valence-electron chi connectivity index (χ2n) is 6.23. The number of imidazole rings is 1. The summed E-state index contributed by atoms with van der Waals surface area (Å²) in [6, 6.07) is 1.82. The third kappa shape index (κ3) is 2.26. The topological polar surface area (TPSA) is 96.1 Å². The molecular weight excluding hydrogens is 282 g/mol. The molecule has 0 saturated heterocycles. The summed E-state index contributed by atoms with van der Waals surface area (Å²) in [6.45, 7) is 0.721. The van der Waals surface area contributed by atoms with Crippen molar-refractivity contribution >= 4 is 5.95 Å². The standard InChI is InChI=1S/C15H19N5O2/c21-13-9-5-10(11(6-9)14(13)22)7-18-15-17-2-1-12(19-15)20-4-3-16-8-20/h1-4,8-11,13-14,21-22H,5-7H2,(H,17,18,19)/t9-,10-,11-,13+,14-/m1/s1. The molecular formula is C15H19N5O2. The van der Waals surface area contributed by atoms with Gasteiger partial charge in [0.2, 0.25) is 5.95 Å². The summed E-state index contributed by atoms with van der Waals surface area (Å²) in [5.74, 6) is 2.13. The first kappa shape index (κ1) is 13.7. The number of rotatable bonds is 4. The van der Waals surface area contributed by atoms with Gasteiger partial charge in [-0.1, -0.05) is 0 Å². The number of aliphatic hydroxyl groups is 2. The first-order chi connectivity index (χ1) is 10.7. The van der Waals surface area contributed by atoms with Crippen molar-refractivity contribution in [3.63, 3.8) is 0 Å². The van der Waals surface area contributed by atoms with Crippen molar-refractivity contribution in [3.05, 3.63) is 31.0 Å². The van der Waals surface area contributed by atoms with Gasteiger partial charge >= 0.3 is 0 Å². The molecule has 4 rings (SSSR count). The van der Waals surface area contributed by atoms with E-state index in [0.717, 1.165) is 25.2 Å². The lowest BCUT2D eigenvalue weighted by Gasteiger charge is -2.29. The van der Waals surface area contributed by atoms with Crippen LogP contribution in [0.15, 0.2) is 31.0 Å². The van der Waals surface area contributed by atoms with Crippen LogP contribution in [-0.4, -0.2) is 48.5 Å². The van der Waals surface area contributed by atoms with Crippen molar-refractivity contribution in [1.82, 2.24) is 19.5 Å². The molecule has 2 heterocycles. The summed E-state index contributed by atoms with van der Waals surface area (Å²) in [5, 5.41) is 23.1. The maximum atomic E-state index is 10.0. The first-order valence-corrected chi connectivity index (χ1v) is 7.64. The van der Waals surface area contributed by atoms with Crippen LogP contribution in [0.2, 0.25) is 0 Å². The van der Waals surface area contributed by atoms with Gasteiger partial charge in [0.05, 0.1) is 12.2 Å². The molecule has 0 aromatic carbocycles. The molecule has 2 bridgehead atoms. The van der Waals surface area contributed by atoms with Crippen LogP contribution in [0.1, 0.15) is 12.8 Å². The van der Waals surface area contributed by atoms with Crippen molar-refractivity contribution < 1.29 is 10.2 Å². The third-order valence-electron chi connectivity index (χ3n) is 4.99. The van der Waals surface area contributed by atoms with E-state index in [-0.39, 0.29) is 11.8 Å². The molecule has 0 aliphatic heterocycles. The second kappa shape index (κ2) is 5.33. The van der Waals surface area contributed by atoms with E-state index in [0.29, 0.717) is 11.9 Å². The van der Waals surface area contributed by atoms with Crippen molar-refractivity contribution in [2.45, 2.75) is 25.0 Å². The maximum absolute atomic E-state index is 10.0. The summed E-state index contributed by atoms with van der Waals surface area (Å²) < 4.78 is 1.82. The Kier molecular flexibility index (Phi) is 3.31. The smallest absolute Gasteiger partial charge is 0.224 e. The maximum Gasteiger partial charge on any atom is 0.224 e. The van der Waals surface area contributed by atoms with Crippen molar-refractivity contribution in [2.75, 3.05) is 11.9 Å². The highest BCUT2D eigenvalue weighted by atomic mass is 16.3. The van der Waals surface area contributed by atoms with Crippen LogP contribution in [-0.2, 0) is 0 Å². The largest absolute Gasteiger partial charge is 0.390 e. The van der Waals surface area contributed by atoms with Crippen LogP contribution in [0.5, 0.6) is 0 Å². The minimum atomic E-state index is -0.580. The van der Waals surface area contributed by atoms with Gasteiger partial charge in [-0.05, 0) is 36.7 Å². The molecule has 0 unspecified atom stereocenters.